The summed E-state index contributed by atoms with van der Waals surface area (Å²) in [4.78, 5) is 28.5. The van der Waals surface area contributed by atoms with E-state index in [2.05, 4.69) is 0 Å². The maximum Gasteiger partial charge on any atom is 0.292 e. The normalized spacial score (nSPS) is 16.5. The number of carbonyl (C=O) groups is 1. The van der Waals surface area contributed by atoms with Crippen molar-refractivity contribution in [2.45, 2.75) is 38.3 Å². The van der Waals surface area contributed by atoms with Gasteiger partial charge >= 0.3 is 0 Å². The van der Waals surface area contributed by atoms with E-state index >= 15 is 0 Å². The van der Waals surface area contributed by atoms with Crippen LogP contribution in [0.25, 0.3) is 0 Å². The lowest BCUT2D eigenvalue weighted by molar-refractivity contribution is -0.384. The van der Waals surface area contributed by atoms with Crippen molar-refractivity contribution < 1.29 is 19.2 Å². The zero-order chi connectivity index (χ0) is 22.7. The number of hydrogen-bond acceptors (Lipinski definition) is 6. The van der Waals surface area contributed by atoms with Gasteiger partial charge in [-0.25, -0.2) is 0 Å². The first kappa shape index (κ1) is 21.9. The van der Waals surface area contributed by atoms with Gasteiger partial charge in [-0.3, -0.25) is 14.9 Å². The zero-order valence-corrected chi connectivity index (χ0v) is 18.5. The molecule has 170 valence electrons. The van der Waals surface area contributed by atoms with E-state index < -0.39 is 0 Å². The molecule has 1 saturated heterocycles. The fourth-order valence-corrected chi connectivity index (χ4v) is 4.45. The standard InChI is InChI=1S/C24H29N3O5/c1-31-20-9-10-23(32-2)18(15-20)16-26(19-7-8-19)24(28)17-11-13-25(14-12-17)21-5-3-4-6-22(21)27(29)30/h3-6,9-10,15,17,19H,7-8,11-14,16H2,1-2H3. The van der Waals surface area contributed by atoms with Crippen molar-refractivity contribution in [1.29, 1.82) is 0 Å². The van der Waals surface area contributed by atoms with Crippen molar-refractivity contribution >= 4 is 17.3 Å². The van der Waals surface area contributed by atoms with Crippen LogP contribution in [0.15, 0.2) is 42.5 Å². The van der Waals surface area contributed by atoms with Crippen LogP contribution in [0.1, 0.15) is 31.2 Å². The summed E-state index contributed by atoms with van der Waals surface area (Å²) in [5.41, 5.74) is 1.68. The van der Waals surface area contributed by atoms with Crippen molar-refractivity contribution in [3.05, 3.63) is 58.1 Å². The topological polar surface area (TPSA) is 85.2 Å². The molecule has 0 atom stereocenters. The van der Waals surface area contributed by atoms with Gasteiger partial charge in [-0.2, -0.15) is 0 Å². The first-order chi connectivity index (χ1) is 15.5. The Hall–Kier alpha value is -3.29. The van der Waals surface area contributed by atoms with Crippen LogP contribution in [-0.4, -0.2) is 49.1 Å². The highest BCUT2D eigenvalue weighted by Crippen LogP contribution is 2.36. The third kappa shape index (κ3) is 4.64. The smallest absolute Gasteiger partial charge is 0.292 e. The van der Waals surface area contributed by atoms with Crippen LogP contribution >= 0.6 is 0 Å². The van der Waals surface area contributed by atoms with Crippen LogP contribution in [0.2, 0.25) is 0 Å². The predicted octanol–water partition coefficient (Wildman–Crippen LogP) is 4.02. The second-order valence-corrected chi connectivity index (χ2v) is 8.38. The Morgan fingerprint density at radius 1 is 1.09 bits per heavy atom. The number of benzene rings is 2. The van der Waals surface area contributed by atoms with Crippen LogP contribution in [-0.2, 0) is 11.3 Å². The molecule has 2 aliphatic rings. The molecule has 2 fully saturated rings. The van der Waals surface area contributed by atoms with E-state index in [-0.39, 0.29) is 28.5 Å². The molecule has 1 amide bonds. The van der Waals surface area contributed by atoms with Crippen molar-refractivity contribution in [2.75, 3.05) is 32.2 Å². The lowest BCUT2D eigenvalue weighted by atomic mass is 9.94. The molecule has 8 nitrogen and oxygen atoms in total. The van der Waals surface area contributed by atoms with Crippen LogP contribution in [0.3, 0.4) is 0 Å². The fraction of sp³-hybridized carbons (Fsp3) is 0.458. The second kappa shape index (κ2) is 9.46. The van der Waals surface area contributed by atoms with Crippen LogP contribution in [0.5, 0.6) is 11.5 Å². The Morgan fingerprint density at radius 2 is 1.81 bits per heavy atom. The van der Waals surface area contributed by atoms with Gasteiger partial charge in [-0.15, -0.1) is 0 Å². The minimum Gasteiger partial charge on any atom is -0.497 e. The van der Waals surface area contributed by atoms with E-state index in [1.54, 1.807) is 26.4 Å². The molecule has 0 bridgehead atoms. The number of amides is 1. The summed E-state index contributed by atoms with van der Waals surface area (Å²) in [5, 5.41) is 11.4. The average molecular weight is 440 g/mol. The average Bonchev–Trinajstić information content (AvgIpc) is 3.67. The van der Waals surface area contributed by atoms with Gasteiger partial charge in [0.05, 0.1) is 19.1 Å². The Kier molecular flexibility index (Phi) is 6.48. The monoisotopic (exact) mass is 439 g/mol. The number of nitrogens with zero attached hydrogens (tertiary/aromatic N) is 3. The number of nitro benzene ring substituents is 1. The SMILES string of the molecule is COc1ccc(OC)c(CN(C(=O)C2CCN(c3ccccc3[N+](=O)[O-])CC2)C2CC2)c1. The quantitative estimate of drug-likeness (QED) is 0.456. The number of anilines is 1. The first-order valence-corrected chi connectivity index (χ1v) is 11.0. The van der Waals surface area contributed by atoms with E-state index in [1.165, 1.54) is 6.07 Å². The van der Waals surface area contributed by atoms with E-state index in [4.69, 9.17) is 9.47 Å². The summed E-state index contributed by atoms with van der Waals surface area (Å²) in [6.45, 7) is 1.75. The van der Waals surface area contributed by atoms with Crippen molar-refractivity contribution in [1.82, 2.24) is 4.90 Å². The second-order valence-electron chi connectivity index (χ2n) is 8.38. The highest BCUT2D eigenvalue weighted by atomic mass is 16.6. The highest BCUT2D eigenvalue weighted by molar-refractivity contribution is 5.80. The Balaban J connectivity index is 1.45. The Labute approximate surface area is 187 Å². The minimum absolute atomic E-state index is 0.0776. The van der Waals surface area contributed by atoms with Crippen LogP contribution in [0, 0.1) is 16.0 Å². The molecule has 1 heterocycles. The summed E-state index contributed by atoms with van der Waals surface area (Å²) in [6.07, 6.45) is 3.41. The largest absolute Gasteiger partial charge is 0.497 e. The Morgan fingerprint density at radius 3 is 2.44 bits per heavy atom. The summed E-state index contributed by atoms with van der Waals surface area (Å²) in [5.74, 6) is 1.57. The molecule has 0 N–H and O–H groups in total. The first-order valence-electron chi connectivity index (χ1n) is 11.0. The van der Waals surface area contributed by atoms with Gasteiger partial charge in [0, 0.05) is 43.2 Å². The molecule has 1 aliphatic carbocycles. The molecule has 2 aromatic carbocycles. The van der Waals surface area contributed by atoms with Crippen molar-refractivity contribution in [3.63, 3.8) is 0 Å². The van der Waals surface area contributed by atoms with Crippen LogP contribution < -0.4 is 14.4 Å². The molecule has 4 rings (SSSR count). The molecule has 1 aliphatic heterocycles. The molecule has 8 heteroatoms. The number of nitro groups is 1. The molecular formula is C24H29N3O5. The molecule has 32 heavy (non-hydrogen) atoms. The lowest BCUT2D eigenvalue weighted by Crippen LogP contribution is -2.43. The maximum atomic E-state index is 13.5. The lowest BCUT2D eigenvalue weighted by Gasteiger charge is -2.35. The maximum absolute atomic E-state index is 13.5. The number of hydrogen-bond donors (Lipinski definition) is 0. The summed E-state index contributed by atoms with van der Waals surface area (Å²) in [6, 6.07) is 12.7. The molecule has 0 aromatic heterocycles. The minimum atomic E-state index is -0.344. The van der Waals surface area contributed by atoms with Gasteiger partial charge < -0.3 is 19.3 Å². The number of carbonyl (C=O) groups excluding carboxylic acids is 1. The number of rotatable bonds is 8. The van der Waals surface area contributed by atoms with Crippen molar-refractivity contribution in [2.24, 2.45) is 5.92 Å². The van der Waals surface area contributed by atoms with Crippen molar-refractivity contribution in [3.8, 4) is 11.5 Å². The highest BCUT2D eigenvalue weighted by Gasteiger charge is 2.38. The number of methoxy groups -OCH3 is 2. The van der Waals surface area contributed by atoms with Gasteiger partial charge in [0.15, 0.2) is 0 Å². The van der Waals surface area contributed by atoms with Gasteiger partial charge in [-0.1, -0.05) is 12.1 Å². The summed E-state index contributed by atoms with van der Waals surface area (Å²) in [7, 11) is 3.26. The summed E-state index contributed by atoms with van der Waals surface area (Å²) < 4.78 is 10.9. The van der Waals surface area contributed by atoms with Gasteiger partial charge in [0.25, 0.3) is 5.69 Å². The Bertz CT molecular complexity index is 983. The predicted molar refractivity (Wildman–Crippen MR) is 121 cm³/mol. The molecule has 2 aromatic rings. The summed E-state index contributed by atoms with van der Waals surface area (Å²) >= 11 is 0. The van der Waals surface area contributed by atoms with E-state index in [9.17, 15) is 14.9 Å². The van der Waals surface area contributed by atoms with Gasteiger partial charge in [0.2, 0.25) is 5.91 Å². The molecular weight excluding hydrogens is 410 g/mol. The molecule has 0 radical (unpaired) electrons. The molecule has 0 unspecified atom stereocenters. The zero-order valence-electron chi connectivity index (χ0n) is 18.5. The fourth-order valence-electron chi connectivity index (χ4n) is 4.45. The van der Waals surface area contributed by atoms with E-state index in [1.807, 2.05) is 34.1 Å². The third-order valence-corrected chi connectivity index (χ3v) is 6.36. The number of piperidine rings is 1. The molecule has 1 saturated carbocycles. The van der Waals surface area contributed by atoms with E-state index in [0.29, 0.717) is 38.2 Å². The molecule has 0 spiro atoms. The van der Waals surface area contributed by atoms with Gasteiger partial charge in [-0.05, 0) is 49.9 Å². The third-order valence-electron chi connectivity index (χ3n) is 6.36. The van der Waals surface area contributed by atoms with E-state index in [0.717, 1.165) is 29.9 Å². The number of para-hydroxylation sites is 2. The number of ether oxygens (including phenoxy) is 2. The van der Waals surface area contributed by atoms with Gasteiger partial charge in [0.1, 0.15) is 17.2 Å². The van der Waals surface area contributed by atoms with Crippen LogP contribution in [0.4, 0.5) is 11.4 Å².